The van der Waals surface area contributed by atoms with E-state index >= 15 is 0 Å². The van der Waals surface area contributed by atoms with Crippen LogP contribution in [0.15, 0.2) is 29.3 Å². The van der Waals surface area contributed by atoms with E-state index in [-0.39, 0.29) is 24.0 Å². The largest absolute Gasteiger partial charge is 0.353 e. The van der Waals surface area contributed by atoms with Crippen molar-refractivity contribution < 1.29 is 0 Å². The fourth-order valence-corrected chi connectivity index (χ4v) is 2.55. The highest BCUT2D eigenvalue weighted by Gasteiger charge is 2.33. The molecule has 0 heterocycles. The lowest BCUT2D eigenvalue weighted by molar-refractivity contribution is 0.296. The van der Waals surface area contributed by atoms with E-state index in [1.54, 1.807) is 0 Å². The Hall–Kier alpha value is -0.820. The second-order valence-electron chi connectivity index (χ2n) is 6.17. The maximum atomic E-state index is 4.28. The quantitative estimate of drug-likeness (QED) is 0.397. The van der Waals surface area contributed by atoms with Crippen LogP contribution in [0.5, 0.6) is 0 Å². The molecule has 130 valence electrons. The second-order valence-corrected chi connectivity index (χ2v) is 6.17. The Balaban J connectivity index is 0.00000264. The van der Waals surface area contributed by atoms with Gasteiger partial charge in [-0.2, -0.15) is 0 Å². The number of rotatable bonds is 7. The van der Waals surface area contributed by atoms with Gasteiger partial charge in [-0.15, -0.1) is 24.0 Å². The molecule has 4 nitrogen and oxygen atoms in total. The van der Waals surface area contributed by atoms with Crippen molar-refractivity contribution in [3.63, 3.8) is 0 Å². The van der Waals surface area contributed by atoms with Crippen molar-refractivity contribution in [3.8, 4) is 0 Å². The van der Waals surface area contributed by atoms with Crippen LogP contribution >= 0.6 is 24.0 Å². The standard InChI is InChI=1S/C18H30N4.HI/c1-5-22(6-2)13-16-9-7-15(8-10-16)12-20-18(19-4)21-17-11-14(17)3;/h7-10,14,17H,5-6,11-13H2,1-4H3,(H2,19,20,21);1H. The molecular weight excluding hydrogens is 399 g/mol. The molecule has 1 fully saturated rings. The summed E-state index contributed by atoms with van der Waals surface area (Å²) in [6, 6.07) is 9.48. The predicted octanol–water partition coefficient (Wildman–Crippen LogP) is 3.22. The Bertz CT molecular complexity index is 482. The zero-order valence-corrected chi connectivity index (χ0v) is 17.1. The predicted molar refractivity (Wildman–Crippen MR) is 109 cm³/mol. The van der Waals surface area contributed by atoms with Gasteiger partial charge in [-0.05, 0) is 36.6 Å². The Morgan fingerprint density at radius 3 is 2.22 bits per heavy atom. The van der Waals surface area contributed by atoms with Gasteiger partial charge in [0.1, 0.15) is 0 Å². The molecule has 0 amide bonds. The minimum Gasteiger partial charge on any atom is -0.353 e. The van der Waals surface area contributed by atoms with Crippen LogP contribution in [0.4, 0.5) is 0 Å². The van der Waals surface area contributed by atoms with Crippen molar-refractivity contribution in [3.05, 3.63) is 35.4 Å². The van der Waals surface area contributed by atoms with Gasteiger partial charge in [0.25, 0.3) is 0 Å². The molecule has 0 saturated heterocycles. The van der Waals surface area contributed by atoms with Gasteiger partial charge < -0.3 is 10.6 Å². The van der Waals surface area contributed by atoms with Crippen LogP contribution < -0.4 is 10.6 Å². The summed E-state index contributed by atoms with van der Waals surface area (Å²) in [5, 5.41) is 6.83. The van der Waals surface area contributed by atoms with Crippen LogP contribution in [0.2, 0.25) is 0 Å². The van der Waals surface area contributed by atoms with Gasteiger partial charge in [0, 0.05) is 26.2 Å². The number of nitrogens with zero attached hydrogens (tertiary/aromatic N) is 2. The van der Waals surface area contributed by atoms with E-state index in [1.165, 1.54) is 17.5 Å². The van der Waals surface area contributed by atoms with E-state index in [4.69, 9.17) is 0 Å². The summed E-state index contributed by atoms with van der Waals surface area (Å²) in [5.41, 5.74) is 2.66. The number of benzene rings is 1. The molecule has 2 N–H and O–H groups in total. The van der Waals surface area contributed by atoms with Gasteiger partial charge in [-0.25, -0.2) is 0 Å². The molecule has 2 atom stereocenters. The Kier molecular flexibility index (Phi) is 8.91. The molecule has 0 aliphatic heterocycles. The summed E-state index contributed by atoms with van der Waals surface area (Å²) in [4.78, 5) is 6.71. The molecule has 1 aliphatic carbocycles. The van der Waals surface area contributed by atoms with Crippen LogP contribution in [-0.2, 0) is 13.1 Å². The number of aliphatic imine (C=N–C) groups is 1. The van der Waals surface area contributed by atoms with Crippen LogP contribution in [0.3, 0.4) is 0 Å². The minimum atomic E-state index is 0. The van der Waals surface area contributed by atoms with Gasteiger partial charge in [-0.1, -0.05) is 45.0 Å². The van der Waals surface area contributed by atoms with Crippen LogP contribution in [-0.4, -0.2) is 37.0 Å². The van der Waals surface area contributed by atoms with Crippen molar-refractivity contribution in [2.75, 3.05) is 20.1 Å². The maximum absolute atomic E-state index is 4.28. The van der Waals surface area contributed by atoms with Crippen molar-refractivity contribution >= 4 is 29.9 Å². The number of guanidine groups is 1. The first-order valence-electron chi connectivity index (χ1n) is 8.43. The molecule has 23 heavy (non-hydrogen) atoms. The number of halogens is 1. The molecule has 2 rings (SSSR count). The highest BCUT2D eigenvalue weighted by atomic mass is 127. The summed E-state index contributed by atoms with van der Waals surface area (Å²) >= 11 is 0. The van der Waals surface area contributed by atoms with E-state index in [0.717, 1.165) is 38.1 Å². The fraction of sp³-hybridized carbons (Fsp3) is 0.611. The van der Waals surface area contributed by atoms with Crippen molar-refractivity contribution in [2.24, 2.45) is 10.9 Å². The molecule has 1 aliphatic rings. The molecule has 2 unspecified atom stereocenters. The molecule has 1 aromatic rings. The highest BCUT2D eigenvalue weighted by Crippen LogP contribution is 2.28. The molecule has 0 aromatic heterocycles. The van der Waals surface area contributed by atoms with Crippen LogP contribution in [0.25, 0.3) is 0 Å². The number of hydrogen-bond donors (Lipinski definition) is 2. The van der Waals surface area contributed by atoms with Gasteiger partial charge in [0.15, 0.2) is 5.96 Å². The third-order valence-corrected chi connectivity index (χ3v) is 4.44. The molecule has 0 radical (unpaired) electrons. The van der Waals surface area contributed by atoms with Crippen LogP contribution in [0, 0.1) is 5.92 Å². The first kappa shape index (κ1) is 20.2. The molecular formula is C18H31IN4. The monoisotopic (exact) mass is 430 g/mol. The SMILES string of the molecule is CCN(CC)Cc1ccc(CNC(=NC)NC2CC2C)cc1.I. The van der Waals surface area contributed by atoms with E-state index in [1.807, 2.05) is 7.05 Å². The van der Waals surface area contributed by atoms with E-state index in [2.05, 4.69) is 65.6 Å². The minimum absolute atomic E-state index is 0. The summed E-state index contributed by atoms with van der Waals surface area (Å²) in [6.07, 6.45) is 1.25. The molecule has 0 spiro atoms. The molecule has 1 saturated carbocycles. The lowest BCUT2D eigenvalue weighted by atomic mass is 10.1. The Labute approximate surface area is 158 Å². The third kappa shape index (κ3) is 6.67. The second kappa shape index (κ2) is 10.1. The Morgan fingerprint density at radius 2 is 1.74 bits per heavy atom. The average Bonchev–Trinajstić information content (AvgIpc) is 3.25. The zero-order chi connectivity index (χ0) is 15.9. The molecule has 0 bridgehead atoms. The van der Waals surface area contributed by atoms with Crippen molar-refractivity contribution in [2.45, 2.75) is 46.3 Å². The van der Waals surface area contributed by atoms with E-state index < -0.39 is 0 Å². The number of nitrogens with one attached hydrogen (secondary N) is 2. The number of hydrogen-bond acceptors (Lipinski definition) is 2. The lowest BCUT2D eigenvalue weighted by Gasteiger charge is -2.18. The summed E-state index contributed by atoms with van der Waals surface area (Å²) in [5.74, 6) is 1.68. The normalized spacial score (nSPS) is 20.1. The van der Waals surface area contributed by atoms with Gasteiger partial charge in [0.05, 0.1) is 0 Å². The van der Waals surface area contributed by atoms with Gasteiger partial charge in [-0.3, -0.25) is 9.89 Å². The van der Waals surface area contributed by atoms with Gasteiger partial charge in [0.2, 0.25) is 0 Å². The van der Waals surface area contributed by atoms with E-state index in [9.17, 15) is 0 Å². The fourth-order valence-electron chi connectivity index (χ4n) is 2.55. The van der Waals surface area contributed by atoms with Crippen molar-refractivity contribution in [1.82, 2.24) is 15.5 Å². The first-order valence-corrected chi connectivity index (χ1v) is 8.43. The van der Waals surface area contributed by atoms with Crippen molar-refractivity contribution in [1.29, 1.82) is 0 Å². The molecule has 1 aromatic carbocycles. The smallest absolute Gasteiger partial charge is 0.191 e. The summed E-state index contributed by atoms with van der Waals surface area (Å²) in [7, 11) is 1.83. The van der Waals surface area contributed by atoms with Gasteiger partial charge >= 0.3 is 0 Å². The highest BCUT2D eigenvalue weighted by molar-refractivity contribution is 14.0. The third-order valence-electron chi connectivity index (χ3n) is 4.44. The average molecular weight is 430 g/mol. The van der Waals surface area contributed by atoms with E-state index in [0.29, 0.717) is 6.04 Å². The zero-order valence-electron chi connectivity index (χ0n) is 14.8. The Morgan fingerprint density at radius 1 is 1.17 bits per heavy atom. The van der Waals surface area contributed by atoms with Crippen LogP contribution in [0.1, 0.15) is 38.3 Å². The topological polar surface area (TPSA) is 39.7 Å². The summed E-state index contributed by atoms with van der Waals surface area (Å²) in [6.45, 7) is 10.7. The maximum Gasteiger partial charge on any atom is 0.191 e. The lowest BCUT2D eigenvalue weighted by Crippen LogP contribution is -2.38. The molecule has 5 heteroatoms. The first-order chi connectivity index (χ1) is 10.7. The summed E-state index contributed by atoms with van der Waals surface area (Å²) < 4.78 is 0.